The molecule has 1 heterocycles. The van der Waals surface area contributed by atoms with Crippen LogP contribution < -0.4 is 10.2 Å². The molecular weight excluding hydrogens is 334 g/mol. The van der Waals surface area contributed by atoms with Gasteiger partial charge in [-0.3, -0.25) is 9.69 Å². The van der Waals surface area contributed by atoms with Crippen LogP contribution in [0.5, 0.6) is 0 Å². The number of hydrogen-bond donors (Lipinski definition) is 1. The van der Waals surface area contributed by atoms with E-state index >= 15 is 0 Å². The smallest absolute Gasteiger partial charge is 0.220 e. The molecule has 1 saturated carbocycles. The van der Waals surface area contributed by atoms with E-state index < -0.39 is 0 Å². The van der Waals surface area contributed by atoms with Crippen LogP contribution in [-0.4, -0.2) is 50.1 Å². The number of nitrogens with one attached hydrogen (secondary N) is 1. The van der Waals surface area contributed by atoms with E-state index in [-0.39, 0.29) is 5.91 Å². The van der Waals surface area contributed by atoms with Crippen molar-refractivity contribution >= 4 is 23.2 Å². The maximum atomic E-state index is 12.1. The molecule has 2 fully saturated rings. The summed E-state index contributed by atoms with van der Waals surface area (Å²) in [6.07, 6.45) is 7.15. The molecule has 0 radical (unpaired) electrons. The topological polar surface area (TPSA) is 35.6 Å². The zero-order valence-corrected chi connectivity index (χ0v) is 15.8. The Morgan fingerprint density at radius 1 is 1.04 bits per heavy atom. The van der Waals surface area contributed by atoms with Crippen molar-refractivity contribution in [1.82, 2.24) is 10.2 Å². The number of amides is 1. The first-order valence-electron chi connectivity index (χ1n) is 9.70. The molecule has 1 amide bonds. The minimum atomic E-state index is 0.242. The van der Waals surface area contributed by atoms with Gasteiger partial charge in [-0.25, -0.2) is 0 Å². The number of carbonyl (C=O) groups excluding carboxylic acids is 1. The lowest BCUT2D eigenvalue weighted by atomic mass is 9.87. The second kappa shape index (κ2) is 9.44. The van der Waals surface area contributed by atoms with Gasteiger partial charge in [0.15, 0.2) is 0 Å². The highest BCUT2D eigenvalue weighted by molar-refractivity contribution is 6.30. The molecule has 1 aromatic rings. The van der Waals surface area contributed by atoms with Crippen molar-refractivity contribution < 1.29 is 4.79 Å². The molecule has 1 aliphatic heterocycles. The zero-order chi connectivity index (χ0) is 17.5. The number of piperazine rings is 1. The third kappa shape index (κ3) is 5.89. The van der Waals surface area contributed by atoms with Gasteiger partial charge >= 0.3 is 0 Å². The van der Waals surface area contributed by atoms with E-state index in [0.29, 0.717) is 5.92 Å². The molecule has 3 rings (SSSR count). The van der Waals surface area contributed by atoms with Gasteiger partial charge in [0, 0.05) is 56.4 Å². The summed E-state index contributed by atoms with van der Waals surface area (Å²) in [7, 11) is 0. The van der Waals surface area contributed by atoms with E-state index in [1.807, 2.05) is 12.1 Å². The van der Waals surface area contributed by atoms with E-state index in [1.54, 1.807) is 0 Å². The normalized spacial score (nSPS) is 19.8. The molecule has 0 atom stereocenters. The van der Waals surface area contributed by atoms with E-state index in [4.69, 9.17) is 11.6 Å². The summed E-state index contributed by atoms with van der Waals surface area (Å²) in [5.74, 6) is 0.864. The van der Waals surface area contributed by atoms with E-state index in [1.165, 1.54) is 37.8 Å². The summed E-state index contributed by atoms with van der Waals surface area (Å²) in [6.45, 7) is 5.86. The fraction of sp³-hybridized carbons (Fsp3) is 0.650. The highest BCUT2D eigenvalue weighted by atomic mass is 35.5. The lowest BCUT2D eigenvalue weighted by Gasteiger charge is -2.36. The lowest BCUT2D eigenvalue weighted by molar-refractivity contribution is -0.122. The monoisotopic (exact) mass is 363 g/mol. The summed E-state index contributed by atoms with van der Waals surface area (Å²) < 4.78 is 0. The van der Waals surface area contributed by atoms with E-state index in [2.05, 4.69) is 27.2 Å². The molecule has 4 nitrogen and oxygen atoms in total. The van der Waals surface area contributed by atoms with Crippen LogP contribution in [0.4, 0.5) is 5.69 Å². The highest BCUT2D eigenvalue weighted by Crippen LogP contribution is 2.26. The van der Waals surface area contributed by atoms with Crippen LogP contribution in [0.15, 0.2) is 24.3 Å². The van der Waals surface area contributed by atoms with E-state index in [9.17, 15) is 4.79 Å². The van der Waals surface area contributed by atoms with Crippen molar-refractivity contribution in [2.75, 3.05) is 44.2 Å². The summed E-state index contributed by atoms with van der Waals surface area (Å²) >= 11 is 5.96. The van der Waals surface area contributed by atoms with Crippen LogP contribution in [0.2, 0.25) is 5.02 Å². The number of nitrogens with zero attached hydrogens (tertiary/aromatic N) is 2. The summed E-state index contributed by atoms with van der Waals surface area (Å²) in [4.78, 5) is 16.9. The molecule has 0 aromatic heterocycles. The first-order chi connectivity index (χ1) is 12.2. The van der Waals surface area contributed by atoms with Gasteiger partial charge in [-0.05, 0) is 43.0 Å². The van der Waals surface area contributed by atoms with Gasteiger partial charge in [0.05, 0.1) is 0 Å². The molecule has 25 heavy (non-hydrogen) atoms. The quantitative estimate of drug-likeness (QED) is 0.839. The molecule has 1 aliphatic carbocycles. The predicted molar refractivity (Wildman–Crippen MR) is 104 cm³/mol. The minimum absolute atomic E-state index is 0.242. The largest absolute Gasteiger partial charge is 0.369 e. The molecule has 0 bridgehead atoms. The number of benzene rings is 1. The molecule has 1 saturated heterocycles. The Labute approximate surface area is 156 Å². The van der Waals surface area contributed by atoms with Crippen LogP contribution in [0.3, 0.4) is 0 Å². The maximum Gasteiger partial charge on any atom is 0.220 e. The average molecular weight is 364 g/mol. The van der Waals surface area contributed by atoms with Crippen molar-refractivity contribution in [3.05, 3.63) is 29.3 Å². The van der Waals surface area contributed by atoms with Crippen LogP contribution in [0, 0.1) is 5.92 Å². The van der Waals surface area contributed by atoms with Crippen molar-refractivity contribution in [2.24, 2.45) is 5.92 Å². The first kappa shape index (κ1) is 18.5. The van der Waals surface area contributed by atoms with Gasteiger partial charge in [-0.1, -0.05) is 30.9 Å². The van der Waals surface area contributed by atoms with Crippen LogP contribution in [-0.2, 0) is 4.79 Å². The van der Waals surface area contributed by atoms with Crippen LogP contribution in [0.25, 0.3) is 0 Å². The Morgan fingerprint density at radius 3 is 2.40 bits per heavy atom. The molecule has 1 N–H and O–H groups in total. The van der Waals surface area contributed by atoms with Crippen molar-refractivity contribution in [3.8, 4) is 0 Å². The maximum absolute atomic E-state index is 12.1. The third-order valence-electron chi connectivity index (χ3n) is 5.51. The first-order valence-corrected chi connectivity index (χ1v) is 10.1. The Hall–Kier alpha value is -1.26. The molecule has 1 aromatic carbocycles. The summed E-state index contributed by atoms with van der Waals surface area (Å²) in [6, 6.07) is 8.07. The Balaban J connectivity index is 1.31. The van der Waals surface area contributed by atoms with Crippen molar-refractivity contribution in [1.29, 1.82) is 0 Å². The number of halogens is 1. The SMILES string of the molecule is O=C(CC1CCCCC1)NCCN1CCN(c2ccc(Cl)cc2)CC1. The Kier molecular flexibility index (Phi) is 7.00. The number of carbonyl (C=O) groups is 1. The van der Waals surface area contributed by atoms with Crippen molar-refractivity contribution in [3.63, 3.8) is 0 Å². The number of rotatable bonds is 6. The van der Waals surface area contributed by atoms with E-state index in [0.717, 1.165) is 50.7 Å². The molecule has 0 unspecified atom stereocenters. The van der Waals surface area contributed by atoms with Crippen LogP contribution >= 0.6 is 11.6 Å². The van der Waals surface area contributed by atoms with Crippen LogP contribution in [0.1, 0.15) is 38.5 Å². The van der Waals surface area contributed by atoms with Gasteiger partial charge in [0.25, 0.3) is 0 Å². The van der Waals surface area contributed by atoms with Gasteiger partial charge in [0.2, 0.25) is 5.91 Å². The molecule has 2 aliphatic rings. The zero-order valence-electron chi connectivity index (χ0n) is 15.1. The fourth-order valence-corrected chi connectivity index (χ4v) is 4.09. The Bertz CT molecular complexity index is 534. The number of hydrogen-bond acceptors (Lipinski definition) is 3. The third-order valence-corrected chi connectivity index (χ3v) is 5.77. The van der Waals surface area contributed by atoms with Gasteiger partial charge in [-0.15, -0.1) is 0 Å². The standard InChI is InChI=1S/C20H30ClN3O/c21-18-6-8-19(9-7-18)24-14-12-23(13-15-24)11-10-22-20(25)16-17-4-2-1-3-5-17/h6-9,17H,1-5,10-16H2,(H,22,25). The second-order valence-electron chi connectivity index (χ2n) is 7.36. The molecule has 0 spiro atoms. The van der Waals surface area contributed by atoms with Gasteiger partial charge in [0.1, 0.15) is 0 Å². The minimum Gasteiger partial charge on any atom is -0.369 e. The molecule has 5 heteroatoms. The Morgan fingerprint density at radius 2 is 1.72 bits per heavy atom. The summed E-state index contributed by atoms with van der Waals surface area (Å²) in [5.41, 5.74) is 1.24. The lowest BCUT2D eigenvalue weighted by Crippen LogP contribution is -2.48. The second-order valence-corrected chi connectivity index (χ2v) is 7.80. The van der Waals surface area contributed by atoms with Crippen molar-refractivity contribution in [2.45, 2.75) is 38.5 Å². The predicted octanol–water partition coefficient (Wildman–Crippen LogP) is 3.55. The summed E-state index contributed by atoms with van der Waals surface area (Å²) in [5, 5.41) is 3.90. The molecule has 138 valence electrons. The van der Waals surface area contributed by atoms with Gasteiger partial charge in [-0.2, -0.15) is 0 Å². The average Bonchev–Trinajstić information content (AvgIpc) is 2.64. The highest BCUT2D eigenvalue weighted by Gasteiger charge is 2.19. The fourth-order valence-electron chi connectivity index (χ4n) is 3.96. The molecular formula is C20H30ClN3O. The van der Waals surface area contributed by atoms with Gasteiger partial charge < -0.3 is 10.2 Å². The number of anilines is 1.